The van der Waals surface area contributed by atoms with Crippen LogP contribution in [0.4, 0.5) is 19.3 Å². The molecule has 4 rings (SSSR count). The molecule has 31 heavy (non-hydrogen) atoms. The summed E-state index contributed by atoms with van der Waals surface area (Å²) in [6.45, 7) is 0. The molecule has 1 aliphatic heterocycles. The number of ether oxygens (including phenoxy) is 1. The van der Waals surface area contributed by atoms with Gasteiger partial charge in [0.05, 0.1) is 18.7 Å². The van der Waals surface area contributed by atoms with E-state index in [1.54, 1.807) is 7.05 Å². The molecule has 3 aromatic rings. The Morgan fingerprint density at radius 1 is 0.968 bits per heavy atom. The van der Waals surface area contributed by atoms with Crippen LogP contribution in [0.25, 0.3) is 11.1 Å². The number of methoxy groups -OCH3 is 1. The molecule has 0 saturated heterocycles. The second kappa shape index (κ2) is 8.68. The van der Waals surface area contributed by atoms with Gasteiger partial charge in [-0.25, -0.2) is 13.6 Å². The number of hydrogen-bond donors (Lipinski definition) is 0. The lowest BCUT2D eigenvalue weighted by atomic mass is 9.99. The maximum absolute atomic E-state index is 14.1. The average molecular weight is 420 g/mol. The lowest BCUT2D eigenvalue weighted by molar-refractivity contribution is 0.180. The molecular weight excluding hydrogens is 398 g/mol. The topological polar surface area (TPSA) is 41.9 Å². The van der Waals surface area contributed by atoms with E-state index in [0.29, 0.717) is 12.1 Å². The number of carbonyl (C=O) groups is 1. The third-order valence-corrected chi connectivity index (χ3v) is 5.55. The highest BCUT2D eigenvalue weighted by Gasteiger charge is 2.24. The minimum Gasteiger partial charge on any atom is -0.452 e. The molecule has 0 spiro atoms. The van der Waals surface area contributed by atoms with E-state index in [2.05, 4.69) is 4.99 Å². The molecule has 0 fully saturated rings. The van der Waals surface area contributed by atoms with Crippen LogP contribution in [0.15, 0.2) is 71.7 Å². The van der Waals surface area contributed by atoms with E-state index in [-0.39, 0.29) is 11.6 Å². The third kappa shape index (κ3) is 4.19. The number of halogens is 2. The Morgan fingerprint density at radius 2 is 1.55 bits per heavy atom. The van der Waals surface area contributed by atoms with E-state index in [9.17, 15) is 13.6 Å². The quantitative estimate of drug-likeness (QED) is 0.507. The first-order chi connectivity index (χ1) is 15.0. The highest BCUT2D eigenvalue weighted by atomic mass is 19.1. The fourth-order valence-electron chi connectivity index (χ4n) is 3.81. The lowest BCUT2D eigenvalue weighted by Crippen LogP contribution is -2.25. The van der Waals surface area contributed by atoms with Crippen molar-refractivity contribution in [2.24, 2.45) is 4.99 Å². The first-order valence-electron chi connectivity index (χ1n) is 10.0. The molecule has 4 nitrogen and oxygen atoms in total. The minimum atomic E-state index is -0.573. The van der Waals surface area contributed by atoms with E-state index in [1.807, 2.05) is 48.5 Å². The summed E-state index contributed by atoms with van der Waals surface area (Å²) < 4.78 is 32.9. The molecule has 1 amide bonds. The molecular formula is C25H22F2N2O2. The molecule has 3 aromatic carbocycles. The SMILES string of the molecule is COC(=O)N(C)c1ccc(-c2ccc(C3CCC(c4c(F)cccc4F)=N3)cc2)cc1. The number of hydrogen-bond acceptors (Lipinski definition) is 3. The minimum absolute atomic E-state index is 0.0152. The zero-order valence-corrected chi connectivity index (χ0v) is 17.3. The first kappa shape index (κ1) is 20.7. The number of amides is 1. The van der Waals surface area contributed by atoms with Gasteiger partial charge in [0, 0.05) is 18.4 Å². The monoisotopic (exact) mass is 420 g/mol. The van der Waals surface area contributed by atoms with Gasteiger partial charge in [0.25, 0.3) is 0 Å². The van der Waals surface area contributed by atoms with Crippen LogP contribution >= 0.6 is 0 Å². The Balaban J connectivity index is 1.51. The van der Waals surface area contributed by atoms with E-state index in [0.717, 1.165) is 28.8 Å². The standard InChI is InChI=1S/C25H22F2N2O2/c1-29(25(30)31-2)19-12-10-17(11-13-19)16-6-8-18(9-7-16)22-14-15-23(28-22)24-20(26)4-3-5-21(24)27/h3-13,22H,14-15H2,1-2H3. The van der Waals surface area contributed by atoms with Gasteiger partial charge in [0.1, 0.15) is 11.6 Å². The largest absolute Gasteiger partial charge is 0.452 e. The van der Waals surface area contributed by atoms with Gasteiger partial charge in [0.2, 0.25) is 0 Å². The van der Waals surface area contributed by atoms with Gasteiger partial charge in [-0.05, 0) is 53.8 Å². The predicted molar refractivity (Wildman–Crippen MR) is 118 cm³/mol. The van der Waals surface area contributed by atoms with E-state index < -0.39 is 17.7 Å². The summed E-state index contributed by atoms with van der Waals surface area (Å²) in [5.41, 5.74) is 4.25. The molecule has 1 atom stereocenters. The van der Waals surface area contributed by atoms with Crippen molar-refractivity contribution in [1.82, 2.24) is 0 Å². The second-order valence-electron chi connectivity index (χ2n) is 7.42. The molecule has 0 N–H and O–H groups in total. The molecule has 158 valence electrons. The van der Waals surface area contributed by atoms with Crippen molar-refractivity contribution in [3.8, 4) is 11.1 Å². The number of aliphatic imine (C=N–C) groups is 1. The van der Waals surface area contributed by atoms with Crippen molar-refractivity contribution in [3.63, 3.8) is 0 Å². The zero-order valence-electron chi connectivity index (χ0n) is 17.3. The van der Waals surface area contributed by atoms with Crippen molar-refractivity contribution in [2.75, 3.05) is 19.1 Å². The number of benzene rings is 3. The summed E-state index contributed by atoms with van der Waals surface area (Å²) in [6, 6.07) is 19.4. The van der Waals surface area contributed by atoms with E-state index in [1.165, 1.54) is 30.2 Å². The Hall–Kier alpha value is -3.54. The van der Waals surface area contributed by atoms with E-state index >= 15 is 0 Å². The maximum Gasteiger partial charge on any atom is 0.413 e. The van der Waals surface area contributed by atoms with E-state index in [4.69, 9.17) is 4.74 Å². The van der Waals surface area contributed by atoms with Crippen molar-refractivity contribution in [1.29, 1.82) is 0 Å². The van der Waals surface area contributed by atoms with Gasteiger partial charge in [-0.1, -0.05) is 42.5 Å². The number of nitrogens with zero attached hydrogens (tertiary/aromatic N) is 2. The number of anilines is 1. The summed E-state index contributed by atoms with van der Waals surface area (Å²) in [6.07, 6.45) is 0.833. The van der Waals surface area contributed by atoms with Crippen molar-refractivity contribution >= 4 is 17.5 Å². The average Bonchev–Trinajstić information content (AvgIpc) is 3.28. The van der Waals surface area contributed by atoms with Crippen molar-refractivity contribution in [3.05, 3.63) is 89.5 Å². The van der Waals surface area contributed by atoms with Crippen molar-refractivity contribution in [2.45, 2.75) is 18.9 Å². The summed E-state index contributed by atoms with van der Waals surface area (Å²) in [4.78, 5) is 17.7. The van der Waals surface area contributed by atoms with Gasteiger partial charge < -0.3 is 4.74 Å². The van der Waals surface area contributed by atoms with Gasteiger partial charge in [0.15, 0.2) is 0 Å². The molecule has 1 heterocycles. The maximum atomic E-state index is 14.1. The van der Waals surface area contributed by atoms with Crippen LogP contribution in [0.1, 0.15) is 30.0 Å². The Labute approximate surface area is 179 Å². The fraction of sp³-hybridized carbons (Fsp3) is 0.200. The molecule has 1 unspecified atom stereocenters. The van der Waals surface area contributed by atoms with Crippen LogP contribution in [0.3, 0.4) is 0 Å². The van der Waals surface area contributed by atoms with Crippen LogP contribution in [-0.4, -0.2) is 26.0 Å². The predicted octanol–water partition coefficient (Wildman–Crippen LogP) is 6.16. The summed E-state index contributed by atoms with van der Waals surface area (Å²) in [5.74, 6) is -1.15. The Kier molecular flexibility index (Phi) is 5.80. The first-order valence-corrected chi connectivity index (χ1v) is 10.0. The van der Waals surface area contributed by atoms with Crippen molar-refractivity contribution < 1.29 is 18.3 Å². The third-order valence-electron chi connectivity index (χ3n) is 5.55. The summed E-state index contributed by atoms with van der Waals surface area (Å²) in [5, 5.41) is 0. The van der Waals surface area contributed by atoms with Crippen LogP contribution < -0.4 is 4.90 Å². The van der Waals surface area contributed by atoms with Gasteiger partial charge >= 0.3 is 6.09 Å². The van der Waals surface area contributed by atoms with Crippen LogP contribution in [0.2, 0.25) is 0 Å². The number of rotatable bonds is 4. The fourth-order valence-corrected chi connectivity index (χ4v) is 3.81. The van der Waals surface area contributed by atoms with Crippen LogP contribution in [-0.2, 0) is 4.74 Å². The lowest BCUT2D eigenvalue weighted by Gasteiger charge is -2.16. The summed E-state index contributed by atoms with van der Waals surface area (Å²) >= 11 is 0. The molecule has 0 aliphatic carbocycles. The number of carbonyl (C=O) groups excluding carboxylic acids is 1. The van der Waals surface area contributed by atoms with Crippen LogP contribution in [0, 0.1) is 11.6 Å². The molecule has 1 aliphatic rings. The smallest absolute Gasteiger partial charge is 0.413 e. The highest BCUT2D eigenvalue weighted by molar-refractivity contribution is 6.02. The van der Waals surface area contributed by atoms with Gasteiger partial charge in [-0.3, -0.25) is 9.89 Å². The Morgan fingerprint density at radius 3 is 2.13 bits per heavy atom. The molecule has 0 aromatic heterocycles. The summed E-state index contributed by atoms with van der Waals surface area (Å²) in [7, 11) is 3.00. The van der Waals surface area contributed by atoms with Crippen LogP contribution in [0.5, 0.6) is 0 Å². The Bertz CT molecular complexity index is 1110. The zero-order chi connectivity index (χ0) is 22.0. The normalized spacial score (nSPS) is 15.5. The highest BCUT2D eigenvalue weighted by Crippen LogP contribution is 2.33. The van der Waals surface area contributed by atoms with Gasteiger partial charge in [-0.15, -0.1) is 0 Å². The molecule has 0 radical (unpaired) electrons. The van der Waals surface area contributed by atoms with Gasteiger partial charge in [-0.2, -0.15) is 0 Å². The molecule has 0 saturated carbocycles. The molecule has 0 bridgehead atoms. The second-order valence-corrected chi connectivity index (χ2v) is 7.42. The molecule has 6 heteroatoms.